The molecule has 0 bridgehead atoms. The van der Waals surface area contributed by atoms with Crippen molar-refractivity contribution in [2.24, 2.45) is 0 Å². The van der Waals surface area contributed by atoms with Crippen LogP contribution in [0.15, 0.2) is 54.6 Å². The molecule has 0 fully saturated rings. The van der Waals surface area contributed by atoms with Gasteiger partial charge in [0.15, 0.2) is 0 Å². The molecule has 3 aromatic rings. The summed E-state index contributed by atoms with van der Waals surface area (Å²) in [5, 5.41) is 0. The quantitative estimate of drug-likeness (QED) is 0.552. The van der Waals surface area contributed by atoms with Crippen LogP contribution >= 0.6 is 0 Å². The van der Waals surface area contributed by atoms with Crippen molar-refractivity contribution in [1.82, 2.24) is 0 Å². The summed E-state index contributed by atoms with van der Waals surface area (Å²) < 4.78 is 0. The van der Waals surface area contributed by atoms with Crippen molar-refractivity contribution >= 4 is 11.4 Å². The minimum Gasteiger partial charge on any atom is -0.399 e. The van der Waals surface area contributed by atoms with Crippen LogP contribution in [0.4, 0.5) is 11.4 Å². The zero-order chi connectivity index (χ0) is 19.1. The second-order valence-electron chi connectivity index (χ2n) is 8.16. The van der Waals surface area contributed by atoms with Crippen LogP contribution in [0.3, 0.4) is 0 Å². The van der Waals surface area contributed by atoms with Gasteiger partial charge in [0.2, 0.25) is 0 Å². The fourth-order valence-corrected chi connectivity index (χ4v) is 3.50. The SMILES string of the molecule is Cc1cc(C(C)(C)C)cc(C)c1-c1cc(N)ccc1-c1ccc(N)cc1. The molecule has 2 heteroatoms. The Kier molecular flexibility index (Phi) is 4.53. The number of anilines is 2. The van der Waals surface area contributed by atoms with Gasteiger partial charge in [0.05, 0.1) is 0 Å². The second-order valence-corrected chi connectivity index (χ2v) is 8.16. The molecule has 134 valence electrons. The van der Waals surface area contributed by atoms with Crippen LogP contribution in [-0.4, -0.2) is 0 Å². The molecule has 0 radical (unpaired) electrons. The molecule has 0 aliphatic carbocycles. The molecule has 0 heterocycles. The molecular formula is C24H28N2. The standard InChI is InChI=1S/C24H28N2/c1-15-12-18(24(3,4)5)13-16(2)23(15)22-14-20(26)10-11-21(22)17-6-8-19(25)9-7-17/h6-14H,25-26H2,1-5H3. The van der Waals surface area contributed by atoms with Gasteiger partial charge in [-0.05, 0) is 82.5 Å². The summed E-state index contributed by atoms with van der Waals surface area (Å²) in [6, 6.07) is 18.8. The van der Waals surface area contributed by atoms with Crippen molar-refractivity contribution < 1.29 is 0 Å². The van der Waals surface area contributed by atoms with Gasteiger partial charge in [0.1, 0.15) is 0 Å². The third-order valence-corrected chi connectivity index (χ3v) is 4.93. The van der Waals surface area contributed by atoms with E-state index in [1.807, 2.05) is 18.2 Å². The first kappa shape index (κ1) is 18.1. The summed E-state index contributed by atoms with van der Waals surface area (Å²) in [6.45, 7) is 11.1. The van der Waals surface area contributed by atoms with Crippen LogP contribution in [0, 0.1) is 13.8 Å². The van der Waals surface area contributed by atoms with Crippen LogP contribution in [-0.2, 0) is 5.41 Å². The van der Waals surface area contributed by atoms with E-state index in [1.54, 1.807) is 0 Å². The predicted molar refractivity (Wildman–Crippen MR) is 114 cm³/mol. The Morgan fingerprint density at radius 3 is 1.73 bits per heavy atom. The van der Waals surface area contributed by atoms with E-state index in [4.69, 9.17) is 11.5 Å². The molecule has 3 aromatic carbocycles. The van der Waals surface area contributed by atoms with Crippen molar-refractivity contribution in [3.63, 3.8) is 0 Å². The average Bonchev–Trinajstić information content (AvgIpc) is 2.54. The Hall–Kier alpha value is -2.74. The lowest BCUT2D eigenvalue weighted by Gasteiger charge is -2.23. The monoisotopic (exact) mass is 344 g/mol. The molecule has 0 saturated heterocycles. The number of nitrogens with two attached hydrogens (primary N) is 2. The number of hydrogen-bond acceptors (Lipinski definition) is 2. The smallest absolute Gasteiger partial charge is 0.0320 e. The van der Waals surface area contributed by atoms with Crippen molar-refractivity contribution in [3.8, 4) is 22.3 Å². The molecule has 0 aromatic heterocycles. The molecule has 0 aliphatic rings. The van der Waals surface area contributed by atoms with E-state index in [-0.39, 0.29) is 5.41 Å². The Morgan fingerprint density at radius 2 is 1.19 bits per heavy atom. The zero-order valence-electron chi connectivity index (χ0n) is 16.4. The molecule has 0 amide bonds. The first-order chi connectivity index (χ1) is 12.2. The lowest BCUT2D eigenvalue weighted by molar-refractivity contribution is 0.589. The molecule has 26 heavy (non-hydrogen) atoms. The number of hydrogen-bond donors (Lipinski definition) is 2. The van der Waals surface area contributed by atoms with Gasteiger partial charge in [0.25, 0.3) is 0 Å². The number of aryl methyl sites for hydroxylation is 2. The number of nitrogen functional groups attached to an aromatic ring is 2. The first-order valence-corrected chi connectivity index (χ1v) is 9.04. The fraction of sp³-hybridized carbons (Fsp3) is 0.250. The summed E-state index contributed by atoms with van der Waals surface area (Å²) in [6.07, 6.45) is 0. The van der Waals surface area contributed by atoms with E-state index < -0.39 is 0 Å². The van der Waals surface area contributed by atoms with Gasteiger partial charge in [-0.1, -0.05) is 51.1 Å². The van der Waals surface area contributed by atoms with Crippen LogP contribution in [0.5, 0.6) is 0 Å². The van der Waals surface area contributed by atoms with Crippen molar-refractivity contribution in [2.75, 3.05) is 11.5 Å². The molecule has 0 spiro atoms. The van der Waals surface area contributed by atoms with E-state index in [0.717, 1.165) is 16.9 Å². The van der Waals surface area contributed by atoms with Gasteiger partial charge in [-0.15, -0.1) is 0 Å². The maximum absolute atomic E-state index is 6.15. The third-order valence-electron chi connectivity index (χ3n) is 4.93. The van der Waals surface area contributed by atoms with E-state index >= 15 is 0 Å². The van der Waals surface area contributed by atoms with Crippen LogP contribution in [0.25, 0.3) is 22.3 Å². The zero-order valence-corrected chi connectivity index (χ0v) is 16.4. The van der Waals surface area contributed by atoms with Gasteiger partial charge in [-0.25, -0.2) is 0 Å². The highest BCUT2D eigenvalue weighted by Crippen LogP contribution is 2.39. The lowest BCUT2D eigenvalue weighted by Crippen LogP contribution is -2.12. The van der Waals surface area contributed by atoms with Crippen molar-refractivity contribution in [1.29, 1.82) is 0 Å². The summed E-state index contributed by atoms with van der Waals surface area (Å²) in [7, 11) is 0. The van der Waals surface area contributed by atoms with E-state index in [9.17, 15) is 0 Å². The summed E-state index contributed by atoms with van der Waals surface area (Å²) >= 11 is 0. The van der Waals surface area contributed by atoms with E-state index in [1.165, 1.54) is 33.4 Å². The highest BCUT2D eigenvalue weighted by molar-refractivity contribution is 5.88. The number of rotatable bonds is 2. The van der Waals surface area contributed by atoms with Gasteiger partial charge < -0.3 is 11.5 Å². The minimum absolute atomic E-state index is 0.129. The summed E-state index contributed by atoms with van der Waals surface area (Å²) in [5.41, 5.74) is 22.3. The van der Waals surface area contributed by atoms with Gasteiger partial charge in [-0.3, -0.25) is 0 Å². The Balaban J connectivity index is 2.24. The molecule has 2 nitrogen and oxygen atoms in total. The second kappa shape index (κ2) is 6.53. The molecule has 3 rings (SSSR count). The summed E-state index contributed by atoms with van der Waals surface area (Å²) in [4.78, 5) is 0. The normalized spacial score (nSPS) is 11.6. The minimum atomic E-state index is 0.129. The highest BCUT2D eigenvalue weighted by Gasteiger charge is 2.18. The molecule has 0 unspecified atom stereocenters. The third kappa shape index (κ3) is 3.45. The highest BCUT2D eigenvalue weighted by atomic mass is 14.5. The maximum Gasteiger partial charge on any atom is 0.0320 e. The van der Waals surface area contributed by atoms with Gasteiger partial charge in [-0.2, -0.15) is 0 Å². The van der Waals surface area contributed by atoms with Gasteiger partial charge >= 0.3 is 0 Å². The average molecular weight is 345 g/mol. The number of benzene rings is 3. The van der Waals surface area contributed by atoms with Crippen LogP contribution in [0.1, 0.15) is 37.5 Å². The Labute approximate surface area is 156 Å². The molecule has 0 atom stereocenters. The molecule has 0 aliphatic heterocycles. The van der Waals surface area contributed by atoms with Crippen LogP contribution < -0.4 is 11.5 Å². The molecular weight excluding hydrogens is 316 g/mol. The maximum atomic E-state index is 6.15. The lowest BCUT2D eigenvalue weighted by atomic mass is 9.81. The van der Waals surface area contributed by atoms with Crippen LogP contribution in [0.2, 0.25) is 0 Å². The first-order valence-electron chi connectivity index (χ1n) is 9.04. The Morgan fingerprint density at radius 1 is 0.654 bits per heavy atom. The summed E-state index contributed by atoms with van der Waals surface area (Å²) in [5.74, 6) is 0. The predicted octanol–water partition coefficient (Wildman–Crippen LogP) is 6.10. The van der Waals surface area contributed by atoms with E-state index in [0.29, 0.717) is 0 Å². The molecule has 4 N–H and O–H groups in total. The largest absolute Gasteiger partial charge is 0.399 e. The van der Waals surface area contributed by atoms with Crippen molar-refractivity contribution in [3.05, 3.63) is 71.3 Å². The fourth-order valence-electron chi connectivity index (χ4n) is 3.50. The van der Waals surface area contributed by atoms with Gasteiger partial charge in [0, 0.05) is 11.4 Å². The van der Waals surface area contributed by atoms with E-state index in [2.05, 4.69) is 71.0 Å². The Bertz CT molecular complexity index is 922. The van der Waals surface area contributed by atoms with Crippen molar-refractivity contribution in [2.45, 2.75) is 40.0 Å². The molecule has 0 saturated carbocycles. The topological polar surface area (TPSA) is 52.0 Å².